The van der Waals surface area contributed by atoms with Crippen LogP contribution in [-0.2, 0) is 0 Å². The summed E-state index contributed by atoms with van der Waals surface area (Å²) in [5.41, 5.74) is 0.933. The van der Waals surface area contributed by atoms with Crippen LogP contribution in [0.3, 0.4) is 0 Å². The highest BCUT2D eigenvalue weighted by Crippen LogP contribution is 2.33. The smallest absolute Gasteiger partial charge is 0.387 e. The third-order valence-electron chi connectivity index (χ3n) is 2.82. The average molecular weight is 280 g/mol. The maximum absolute atomic E-state index is 12.4. The van der Waals surface area contributed by atoms with Gasteiger partial charge in [0, 0.05) is 11.1 Å². The van der Waals surface area contributed by atoms with Crippen LogP contribution < -0.4 is 4.74 Å². The number of aliphatic hydroxyl groups is 1. The molecule has 0 aliphatic heterocycles. The van der Waals surface area contributed by atoms with E-state index in [0.717, 1.165) is 0 Å². The van der Waals surface area contributed by atoms with Crippen LogP contribution in [0.4, 0.5) is 8.78 Å². The summed E-state index contributed by atoms with van der Waals surface area (Å²) in [5, 5.41) is 10.1. The normalized spacial score (nSPS) is 12.3. The molecule has 20 heavy (non-hydrogen) atoms. The predicted octanol–water partition coefficient (Wildman–Crippen LogP) is 3.69. The first-order valence-corrected chi connectivity index (χ1v) is 6.28. The molecule has 0 bridgehead atoms. The van der Waals surface area contributed by atoms with Gasteiger partial charge in [0.15, 0.2) is 0 Å². The zero-order valence-electron chi connectivity index (χ0n) is 11.6. The highest BCUT2D eigenvalue weighted by Gasteiger charge is 2.20. The lowest BCUT2D eigenvalue weighted by atomic mass is 9.92. The Balaban J connectivity index is 3.20. The third kappa shape index (κ3) is 4.07. The van der Waals surface area contributed by atoms with Gasteiger partial charge in [-0.05, 0) is 30.0 Å². The van der Waals surface area contributed by atoms with Crippen molar-refractivity contribution in [2.75, 3.05) is 0 Å². The molecule has 0 aliphatic rings. The quantitative estimate of drug-likeness (QED) is 0.805. The molecule has 0 fully saturated rings. The lowest BCUT2D eigenvalue weighted by molar-refractivity contribution is -0.0501. The molecule has 1 rings (SSSR count). The monoisotopic (exact) mass is 280 g/mol. The van der Waals surface area contributed by atoms with Crippen LogP contribution in [0.2, 0.25) is 0 Å². The molecule has 1 atom stereocenters. The first kappa shape index (κ1) is 16.2. The van der Waals surface area contributed by atoms with Crippen LogP contribution in [0.15, 0.2) is 24.8 Å². The number of hydrogen-bond donors (Lipinski definition) is 1. The lowest BCUT2D eigenvalue weighted by Crippen LogP contribution is -2.14. The van der Waals surface area contributed by atoms with E-state index in [1.54, 1.807) is 6.07 Å². The maximum Gasteiger partial charge on any atom is 0.387 e. The number of ether oxygens (including phenoxy) is 1. The van der Waals surface area contributed by atoms with E-state index in [-0.39, 0.29) is 17.2 Å². The topological polar surface area (TPSA) is 29.5 Å². The van der Waals surface area contributed by atoms with Crippen molar-refractivity contribution in [2.24, 2.45) is 5.92 Å². The minimum absolute atomic E-state index is 0.0664. The summed E-state index contributed by atoms with van der Waals surface area (Å²) in [4.78, 5) is 0. The molecule has 1 N–H and O–H groups in total. The number of rotatable bonds is 6. The molecular formula is C16H18F2O2. The number of alkyl halides is 2. The summed E-state index contributed by atoms with van der Waals surface area (Å²) in [7, 11) is 0. The van der Waals surface area contributed by atoms with Crippen molar-refractivity contribution in [3.05, 3.63) is 35.9 Å². The number of aliphatic hydroxyl groups excluding tert-OH is 1. The molecule has 4 heteroatoms. The molecule has 0 aliphatic carbocycles. The molecule has 0 aromatic heterocycles. The molecule has 0 saturated carbocycles. The van der Waals surface area contributed by atoms with Crippen molar-refractivity contribution in [3.63, 3.8) is 0 Å². The molecule has 108 valence electrons. The summed E-state index contributed by atoms with van der Waals surface area (Å²) in [6.45, 7) is 4.71. The fourth-order valence-corrected chi connectivity index (χ4v) is 1.93. The largest absolute Gasteiger partial charge is 0.434 e. The molecule has 1 unspecified atom stereocenters. The highest BCUT2D eigenvalue weighted by molar-refractivity contribution is 5.76. The second-order valence-electron chi connectivity index (χ2n) is 4.87. The zero-order valence-corrected chi connectivity index (χ0v) is 11.6. The van der Waals surface area contributed by atoms with Crippen molar-refractivity contribution in [1.82, 2.24) is 0 Å². The standard InChI is InChI=1S/C16H18F2O2/c1-5-12-7-6-8-14(20-16(17)18)15(12)11(4)13(19)9-10(2)3/h1,6-8,10,13,16,19H,4,9H2,2-3H3. The molecule has 0 radical (unpaired) electrons. The number of benzene rings is 1. The molecule has 0 amide bonds. The molecule has 0 spiro atoms. The second-order valence-corrected chi connectivity index (χ2v) is 4.87. The lowest BCUT2D eigenvalue weighted by Gasteiger charge is -2.20. The molecule has 1 aromatic carbocycles. The second kappa shape index (κ2) is 7.06. The minimum atomic E-state index is -2.96. The molecule has 0 saturated heterocycles. The first-order chi connectivity index (χ1) is 9.36. The van der Waals surface area contributed by atoms with E-state index in [0.29, 0.717) is 17.6 Å². The van der Waals surface area contributed by atoms with E-state index < -0.39 is 12.7 Å². The SMILES string of the molecule is C#Cc1cccc(OC(F)F)c1C(=C)C(O)CC(C)C. The van der Waals surface area contributed by atoms with E-state index in [1.165, 1.54) is 12.1 Å². The summed E-state index contributed by atoms with van der Waals surface area (Å²) in [6, 6.07) is 4.51. The summed E-state index contributed by atoms with van der Waals surface area (Å²) < 4.78 is 29.4. The average Bonchev–Trinajstić information content (AvgIpc) is 2.36. The third-order valence-corrected chi connectivity index (χ3v) is 2.82. The Morgan fingerprint density at radius 3 is 2.60 bits per heavy atom. The Hall–Kier alpha value is -1.86. The van der Waals surface area contributed by atoms with Gasteiger partial charge >= 0.3 is 6.61 Å². The first-order valence-electron chi connectivity index (χ1n) is 6.28. The van der Waals surface area contributed by atoms with Crippen LogP contribution in [0, 0.1) is 18.3 Å². The Morgan fingerprint density at radius 1 is 1.45 bits per heavy atom. The van der Waals surface area contributed by atoms with Crippen LogP contribution in [0.25, 0.3) is 5.57 Å². The van der Waals surface area contributed by atoms with Gasteiger partial charge in [-0.2, -0.15) is 8.78 Å². The van der Waals surface area contributed by atoms with Crippen molar-refractivity contribution in [2.45, 2.75) is 33.0 Å². The molecular weight excluding hydrogens is 262 g/mol. The van der Waals surface area contributed by atoms with E-state index in [9.17, 15) is 13.9 Å². The Morgan fingerprint density at radius 2 is 2.10 bits per heavy atom. The van der Waals surface area contributed by atoms with Crippen LogP contribution >= 0.6 is 0 Å². The van der Waals surface area contributed by atoms with Crippen LogP contribution in [-0.4, -0.2) is 17.8 Å². The van der Waals surface area contributed by atoms with Gasteiger partial charge in [-0.15, -0.1) is 6.42 Å². The summed E-state index contributed by atoms with van der Waals surface area (Å²) in [6.07, 6.45) is 4.98. The Kier molecular flexibility index (Phi) is 5.72. The predicted molar refractivity (Wildman–Crippen MR) is 75.5 cm³/mol. The van der Waals surface area contributed by atoms with E-state index >= 15 is 0 Å². The highest BCUT2D eigenvalue weighted by atomic mass is 19.3. The van der Waals surface area contributed by atoms with Crippen molar-refractivity contribution in [3.8, 4) is 18.1 Å². The Labute approximate surface area is 118 Å². The Bertz CT molecular complexity index is 516. The van der Waals surface area contributed by atoms with Gasteiger partial charge in [-0.1, -0.05) is 32.4 Å². The van der Waals surface area contributed by atoms with Crippen molar-refractivity contribution in [1.29, 1.82) is 0 Å². The van der Waals surface area contributed by atoms with Gasteiger partial charge in [0.25, 0.3) is 0 Å². The number of hydrogen-bond acceptors (Lipinski definition) is 2. The maximum atomic E-state index is 12.4. The number of halogens is 2. The summed E-state index contributed by atoms with van der Waals surface area (Å²) >= 11 is 0. The van der Waals surface area contributed by atoms with Gasteiger partial charge in [0.1, 0.15) is 5.75 Å². The molecule has 0 heterocycles. The van der Waals surface area contributed by atoms with Crippen LogP contribution in [0.1, 0.15) is 31.4 Å². The molecule has 1 aromatic rings. The van der Waals surface area contributed by atoms with Gasteiger partial charge in [-0.3, -0.25) is 0 Å². The summed E-state index contributed by atoms with van der Waals surface area (Å²) in [5.74, 6) is 2.57. The van der Waals surface area contributed by atoms with Gasteiger partial charge < -0.3 is 9.84 Å². The van der Waals surface area contributed by atoms with E-state index in [1.807, 2.05) is 13.8 Å². The van der Waals surface area contributed by atoms with Crippen LogP contribution in [0.5, 0.6) is 5.75 Å². The van der Waals surface area contributed by atoms with E-state index in [4.69, 9.17) is 6.42 Å². The fourth-order valence-electron chi connectivity index (χ4n) is 1.93. The molecule has 2 nitrogen and oxygen atoms in total. The zero-order chi connectivity index (χ0) is 15.3. The van der Waals surface area contributed by atoms with Gasteiger partial charge in [0.05, 0.1) is 6.10 Å². The van der Waals surface area contributed by atoms with Crippen molar-refractivity contribution >= 4 is 5.57 Å². The van der Waals surface area contributed by atoms with Crippen molar-refractivity contribution < 1.29 is 18.6 Å². The van der Waals surface area contributed by atoms with E-state index in [2.05, 4.69) is 17.2 Å². The minimum Gasteiger partial charge on any atom is -0.434 e. The van der Waals surface area contributed by atoms with Gasteiger partial charge in [0.2, 0.25) is 0 Å². The fraction of sp³-hybridized carbons (Fsp3) is 0.375. The van der Waals surface area contributed by atoms with Gasteiger partial charge in [-0.25, -0.2) is 0 Å². The number of terminal acetylenes is 1.